The van der Waals surface area contributed by atoms with Gasteiger partial charge >= 0.3 is 0 Å². The Hall–Kier alpha value is -1.96. The van der Waals surface area contributed by atoms with Crippen molar-refractivity contribution >= 4 is 33.4 Å². The molecule has 8 heteroatoms. The van der Waals surface area contributed by atoms with Gasteiger partial charge in [0.15, 0.2) is 0 Å². The zero-order valence-corrected chi connectivity index (χ0v) is 12.0. The topological polar surface area (TPSA) is 107 Å². The predicted octanol–water partition coefficient (Wildman–Crippen LogP) is 1.30. The largest absolute Gasteiger partial charge is 0.369 e. The molecule has 0 radical (unpaired) electrons. The molecule has 1 aromatic rings. The van der Waals surface area contributed by atoms with E-state index in [0.717, 1.165) is 0 Å². The van der Waals surface area contributed by atoms with Crippen LogP contribution in [-0.4, -0.2) is 34.7 Å². The molecule has 0 aliphatic carbocycles. The summed E-state index contributed by atoms with van der Waals surface area (Å²) < 4.78 is 0.525. The SMILES string of the molecule is NC(=O)C1CCN(C(=O)c2ccc(Br)cc2[N+](=O)[O-])C1. The summed E-state index contributed by atoms with van der Waals surface area (Å²) in [5.41, 5.74) is 4.96. The van der Waals surface area contributed by atoms with Crippen LogP contribution in [0.5, 0.6) is 0 Å². The Kier molecular flexibility index (Phi) is 4.03. The van der Waals surface area contributed by atoms with Crippen LogP contribution >= 0.6 is 15.9 Å². The van der Waals surface area contributed by atoms with Crippen LogP contribution in [0.4, 0.5) is 5.69 Å². The molecule has 0 aromatic heterocycles. The average molecular weight is 342 g/mol. The number of carbonyl (C=O) groups excluding carboxylic acids is 2. The Morgan fingerprint density at radius 3 is 2.70 bits per heavy atom. The van der Waals surface area contributed by atoms with Crippen molar-refractivity contribution in [1.82, 2.24) is 4.90 Å². The van der Waals surface area contributed by atoms with Crippen molar-refractivity contribution in [3.63, 3.8) is 0 Å². The number of nitro groups is 1. The van der Waals surface area contributed by atoms with Gasteiger partial charge in [-0.3, -0.25) is 19.7 Å². The van der Waals surface area contributed by atoms with E-state index in [2.05, 4.69) is 15.9 Å². The first-order valence-corrected chi connectivity index (χ1v) is 6.72. The molecule has 1 atom stereocenters. The summed E-state index contributed by atoms with van der Waals surface area (Å²) in [6, 6.07) is 4.26. The predicted molar refractivity (Wildman–Crippen MR) is 74.0 cm³/mol. The van der Waals surface area contributed by atoms with E-state index in [1.165, 1.54) is 17.0 Å². The lowest BCUT2D eigenvalue weighted by Gasteiger charge is -2.16. The van der Waals surface area contributed by atoms with Crippen molar-refractivity contribution in [2.75, 3.05) is 13.1 Å². The van der Waals surface area contributed by atoms with Gasteiger partial charge in [0.2, 0.25) is 5.91 Å². The van der Waals surface area contributed by atoms with Gasteiger partial charge in [0.25, 0.3) is 11.6 Å². The van der Waals surface area contributed by atoms with E-state index in [4.69, 9.17) is 5.73 Å². The highest BCUT2D eigenvalue weighted by molar-refractivity contribution is 9.10. The van der Waals surface area contributed by atoms with Gasteiger partial charge in [0.1, 0.15) is 5.56 Å². The third-order valence-electron chi connectivity index (χ3n) is 3.26. The van der Waals surface area contributed by atoms with Gasteiger partial charge in [-0.05, 0) is 18.6 Å². The van der Waals surface area contributed by atoms with Crippen LogP contribution in [0.1, 0.15) is 16.8 Å². The summed E-state index contributed by atoms with van der Waals surface area (Å²) in [4.78, 5) is 35.2. The number of rotatable bonds is 3. The number of hydrogen-bond acceptors (Lipinski definition) is 4. The number of nitrogens with two attached hydrogens (primary N) is 1. The van der Waals surface area contributed by atoms with E-state index in [1.54, 1.807) is 6.07 Å². The van der Waals surface area contributed by atoms with E-state index >= 15 is 0 Å². The van der Waals surface area contributed by atoms with Crippen molar-refractivity contribution in [3.8, 4) is 0 Å². The standard InChI is InChI=1S/C12H12BrN3O4/c13-8-1-2-9(10(5-8)16(19)20)12(18)15-4-3-7(6-15)11(14)17/h1-2,5,7H,3-4,6H2,(H2,14,17). The van der Waals surface area contributed by atoms with Gasteiger partial charge in [-0.25, -0.2) is 0 Å². The van der Waals surface area contributed by atoms with Crippen LogP contribution < -0.4 is 5.73 Å². The molecule has 0 bridgehead atoms. The summed E-state index contributed by atoms with van der Waals surface area (Å²) >= 11 is 3.14. The quantitative estimate of drug-likeness (QED) is 0.660. The molecule has 1 heterocycles. The van der Waals surface area contributed by atoms with Crippen molar-refractivity contribution in [2.45, 2.75) is 6.42 Å². The summed E-state index contributed by atoms with van der Waals surface area (Å²) in [5.74, 6) is -1.29. The number of likely N-dealkylation sites (tertiary alicyclic amines) is 1. The van der Waals surface area contributed by atoms with Crippen LogP contribution in [0.2, 0.25) is 0 Å². The second-order valence-corrected chi connectivity index (χ2v) is 5.47. The molecule has 7 nitrogen and oxygen atoms in total. The van der Waals surface area contributed by atoms with Crippen LogP contribution in [0.3, 0.4) is 0 Å². The maximum atomic E-state index is 12.3. The Labute approximate surface area is 123 Å². The first-order valence-electron chi connectivity index (χ1n) is 5.92. The number of nitrogens with zero attached hydrogens (tertiary/aromatic N) is 2. The molecule has 1 fully saturated rings. The number of hydrogen-bond donors (Lipinski definition) is 1. The van der Waals surface area contributed by atoms with Gasteiger partial charge in [-0.15, -0.1) is 0 Å². The zero-order valence-electron chi connectivity index (χ0n) is 10.4. The molecule has 1 aliphatic heterocycles. The molecular formula is C12H12BrN3O4. The smallest absolute Gasteiger partial charge is 0.283 e. The first kappa shape index (κ1) is 14.4. The number of amides is 2. The highest BCUT2D eigenvalue weighted by Gasteiger charge is 2.32. The zero-order chi connectivity index (χ0) is 14.9. The lowest BCUT2D eigenvalue weighted by atomic mass is 10.1. The minimum atomic E-state index is -0.598. The fourth-order valence-electron chi connectivity index (χ4n) is 2.18. The summed E-state index contributed by atoms with van der Waals surface area (Å²) in [6.45, 7) is 0.584. The number of benzene rings is 1. The highest BCUT2D eigenvalue weighted by Crippen LogP contribution is 2.26. The molecule has 2 rings (SSSR count). The molecule has 1 aromatic carbocycles. The number of carbonyl (C=O) groups is 2. The monoisotopic (exact) mass is 341 g/mol. The molecule has 1 saturated heterocycles. The van der Waals surface area contributed by atoms with Gasteiger partial charge in [0.05, 0.1) is 10.8 Å². The second kappa shape index (κ2) is 5.58. The van der Waals surface area contributed by atoms with E-state index in [9.17, 15) is 19.7 Å². The van der Waals surface area contributed by atoms with Crippen LogP contribution in [0, 0.1) is 16.0 Å². The summed E-state index contributed by atoms with van der Waals surface area (Å²) in [5, 5.41) is 11.0. The molecule has 2 amide bonds. The molecule has 1 unspecified atom stereocenters. The lowest BCUT2D eigenvalue weighted by molar-refractivity contribution is -0.385. The first-order chi connectivity index (χ1) is 9.40. The third-order valence-corrected chi connectivity index (χ3v) is 3.76. The highest BCUT2D eigenvalue weighted by atomic mass is 79.9. The Balaban J connectivity index is 2.26. The molecule has 2 N–H and O–H groups in total. The molecule has 0 saturated carbocycles. The summed E-state index contributed by atoms with van der Waals surface area (Å²) in [7, 11) is 0. The Bertz CT molecular complexity index is 590. The van der Waals surface area contributed by atoms with Gasteiger partial charge in [0, 0.05) is 23.6 Å². The normalized spacial score (nSPS) is 18.1. The Morgan fingerprint density at radius 1 is 1.45 bits per heavy atom. The lowest BCUT2D eigenvalue weighted by Crippen LogP contribution is -2.32. The van der Waals surface area contributed by atoms with E-state index in [1.807, 2.05) is 0 Å². The fourth-order valence-corrected chi connectivity index (χ4v) is 2.53. The maximum absolute atomic E-state index is 12.3. The van der Waals surface area contributed by atoms with Crippen molar-refractivity contribution in [1.29, 1.82) is 0 Å². The number of halogens is 1. The summed E-state index contributed by atoms with van der Waals surface area (Å²) in [6.07, 6.45) is 0.491. The van der Waals surface area contributed by atoms with Gasteiger partial charge < -0.3 is 10.6 Å². The van der Waals surface area contributed by atoms with E-state index in [-0.39, 0.29) is 23.7 Å². The fraction of sp³-hybridized carbons (Fsp3) is 0.333. The van der Waals surface area contributed by atoms with Gasteiger partial charge in [-0.1, -0.05) is 15.9 Å². The minimum Gasteiger partial charge on any atom is -0.369 e. The molecule has 1 aliphatic rings. The number of nitro benzene ring substituents is 1. The van der Waals surface area contributed by atoms with Gasteiger partial charge in [-0.2, -0.15) is 0 Å². The second-order valence-electron chi connectivity index (χ2n) is 4.56. The third kappa shape index (κ3) is 2.79. The molecular weight excluding hydrogens is 330 g/mol. The maximum Gasteiger partial charge on any atom is 0.283 e. The molecule has 20 heavy (non-hydrogen) atoms. The molecule has 0 spiro atoms. The van der Waals surface area contributed by atoms with Crippen molar-refractivity contribution < 1.29 is 14.5 Å². The van der Waals surface area contributed by atoms with E-state index in [0.29, 0.717) is 17.4 Å². The van der Waals surface area contributed by atoms with Crippen molar-refractivity contribution in [3.05, 3.63) is 38.3 Å². The van der Waals surface area contributed by atoms with E-state index < -0.39 is 16.7 Å². The number of primary amides is 1. The Morgan fingerprint density at radius 2 is 2.15 bits per heavy atom. The van der Waals surface area contributed by atoms with Crippen LogP contribution in [0.25, 0.3) is 0 Å². The van der Waals surface area contributed by atoms with Crippen LogP contribution in [-0.2, 0) is 4.79 Å². The minimum absolute atomic E-state index is 0.0170. The molecule has 106 valence electrons. The average Bonchev–Trinajstić information content (AvgIpc) is 2.87. The van der Waals surface area contributed by atoms with Crippen LogP contribution in [0.15, 0.2) is 22.7 Å². The van der Waals surface area contributed by atoms with Crippen molar-refractivity contribution in [2.24, 2.45) is 11.7 Å².